The van der Waals surface area contributed by atoms with Crippen LogP contribution in [0.1, 0.15) is 49.6 Å². The van der Waals surface area contributed by atoms with Crippen LogP contribution in [0.3, 0.4) is 0 Å². The number of rotatable bonds is 3. The summed E-state index contributed by atoms with van der Waals surface area (Å²) < 4.78 is 170. The molecule has 222 valence electrons. The monoisotopic (exact) mass is 622 g/mol. The molecule has 1 aliphatic rings. The predicted molar refractivity (Wildman–Crippen MR) is 190 cm³/mol. The molecule has 47 heavy (non-hydrogen) atoms. The molecule has 10 rings (SSSR count). The third kappa shape index (κ3) is 3.76. The van der Waals surface area contributed by atoms with Crippen LogP contribution in [0.4, 0.5) is 0 Å². The molecule has 0 fully saturated rings. The number of aromatic nitrogens is 2. The van der Waals surface area contributed by atoms with Crippen LogP contribution in [-0.2, 0) is 5.41 Å². The molecule has 0 spiro atoms. The van der Waals surface area contributed by atoms with Crippen LogP contribution in [0.5, 0.6) is 0 Å². The van der Waals surface area contributed by atoms with Crippen LogP contribution in [0.2, 0.25) is 0 Å². The van der Waals surface area contributed by atoms with Gasteiger partial charge in [0.1, 0.15) is 34.3 Å². The lowest BCUT2D eigenvalue weighted by molar-refractivity contribution is 0.660. The van der Waals surface area contributed by atoms with E-state index in [9.17, 15) is 2.74 Å². The minimum atomic E-state index is -1.16. The van der Waals surface area contributed by atoms with E-state index in [-0.39, 0.29) is 102 Å². The van der Waals surface area contributed by atoms with Crippen LogP contribution in [0.25, 0.3) is 88.6 Å². The van der Waals surface area contributed by atoms with Crippen molar-refractivity contribution in [1.82, 2.24) is 9.97 Å². The maximum Gasteiger partial charge on any atom is 0.180 e. The van der Waals surface area contributed by atoms with Crippen molar-refractivity contribution >= 4 is 44.0 Å². The number of benzene rings is 6. The van der Waals surface area contributed by atoms with Gasteiger partial charge in [-0.2, -0.15) is 0 Å². The number of nitrogens with zero attached hydrogens (tertiary/aromatic N) is 2. The molecule has 0 saturated carbocycles. The molecular weight excluding hydrogens is 576 g/mol. The molecule has 4 heteroatoms. The summed E-state index contributed by atoms with van der Waals surface area (Å²) in [6.07, 6.45) is 1.11. The standard InChI is InChI=1S/C43H28N2O2/c1-43(2)35-15-5-3-11-30(35)31-19-17-26(23-36(31)43)25-18-20-38-34(22-25)40-42(47-38)39(44-24-45-40)28-10-7-9-27(21-28)29-13-8-14-33-32-12-4-6-16-37(32)46-41(29)33/h3-24H,1-2H3/i3D,4D,5D,6D,7D,8D,9D,10D,11D,12D,13D,14D,15D,16D,17D,19D,21D,23D. The summed E-state index contributed by atoms with van der Waals surface area (Å²) in [7, 11) is 0. The zero-order valence-electron chi connectivity index (χ0n) is 42.5. The molecule has 6 aromatic carbocycles. The van der Waals surface area contributed by atoms with E-state index in [2.05, 4.69) is 9.97 Å². The van der Waals surface area contributed by atoms with Gasteiger partial charge in [-0.3, -0.25) is 0 Å². The van der Waals surface area contributed by atoms with Crippen molar-refractivity contribution in [2.24, 2.45) is 0 Å². The lowest BCUT2D eigenvalue weighted by Gasteiger charge is -2.22. The van der Waals surface area contributed by atoms with E-state index in [1.165, 1.54) is 6.07 Å². The van der Waals surface area contributed by atoms with Gasteiger partial charge in [0, 0.05) is 32.7 Å². The minimum absolute atomic E-state index is 0.0374. The van der Waals surface area contributed by atoms with Gasteiger partial charge in [0.2, 0.25) is 0 Å². The Bertz CT molecular complexity index is 3740. The van der Waals surface area contributed by atoms with Crippen LogP contribution in [-0.4, -0.2) is 9.97 Å². The number of hydrogen-bond acceptors (Lipinski definition) is 4. The lowest BCUT2D eigenvalue weighted by Crippen LogP contribution is -2.14. The van der Waals surface area contributed by atoms with Crippen molar-refractivity contribution in [3.05, 3.63) is 144 Å². The van der Waals surface area contributed by atoms with Crippen LogP contribution in [0.15, 0.2) is 142 Å². The van der Waals surface area contributed by atoms with E-state index in [0.717, 1.165) is 6.33 Å². The van der Waals surface area contributed by atoms with Crippen molar-refractivity contribution < 1.29 is 33.5 Å². The average molecular weight is 623 g/mol. The molecular formula is C43H28N2O2. The summed E-state index contributed by atoms with van der Waals surface area (Å²) in [6, 6.07) is -4.99. The zero-order chi connectivity index (χ0) is 46.9. The summed E-state index contributed by atoms with van der Waals surface area (Å²) in [6.45, 7) is 3.42. The quantitative estimate of drug-likeness (QED) is 0.197. The first-order valence-corrected chi connectivity index (χ1v) is 14.5. The van der Waals surface area contributed by atoms with E-state index in [1.54, 1.807) is 26.0 Å². The highest BCUT2D eigenvalue weighted by Crippen LogP contribution is 2.49. The summed E-state index contributed by atoms with van der Waals surface area (Å²) >= 11 is 0. The summed E-state index contributed by atoms with van der Waals surface area (Å²) in [4.78, 5) is 8.79. The van der Waals surface area contributed by atoms with E-state index < -0.39 is 101 Å². The number of furan rings is 2. The van der Waals surface area contributed by atoms with E-state index in [1.807, 2.05) is 0 Å². The molecule has 0 bridgehead atoms. The molecule has 9 aromatic rings. The smallest absolute Gasteiger partial charge is 0.180 e. The predicted octanol–water partition coefficient (Wildman–Crippen LogP) is 11.6. The molecule has 0 N–H and O–H groups in total. The molecule has 3 aromatic heterocycles. The van der Waals surface area contributed by atoms with Gasteiger partial charge >= 0.3 is 0 Å². The third-order valence-electron chi connectivity index (χ3n) is 8.59. The first-order chi connectivity index (χ1) is 30.6. The van der Waals surface area contributed by atoms with Gasteiger partial charge in [0.05, 0.1) is 24.7 Å². The number of fused-ring (bicyclic) bond motifs is 9. The Morgan fingerprint density at radius 2 is 1.32 bits per heavy atom. The second-order valence-corrected chi connectivity index (χ2v) is 11.6. The van der Waals surface area contributed by atoms with Gasteiger partial charge in [0.15, 0.2) is 5.58 Å². The van der Waals surface area contributed by atoms with Gasteiger partial charge in [-0.05, 0) is 69.2 Å². The van der Waals surface area contributed by atoms with Gasteiger partial charge in [0.25, 0.3) is 0 Å². The van der Waals surface area contributed by atoms with E-state index >= 15 is 0 Å². The van der Waals surface area contributed by atoms with Crippen molar-refractivity contribution in [1.29, 1.82) is 0 Å². The zero-order valence-corrected chi connectivity index (χ0v) is 24.5. The largest absolute Gasteiger partial charge is 0.455 e. The SMILES string of the molecule is [2H]c1c([2H])c(-c2ncnc3c2oc2ccc(-c4c([2H])c([2H])c5c(c4[2H])C(C)(C)c4c([2H])c([2H])c([2H])c([2H])c4-5)cc23)c([2H])c(-c2c([2H])c([2H])c([2H])c3c2oc2c([2H])c([2H])c([2H])c([2H])c23)c1[2H]. The lowest BCUT2D eigenvalue weighted by atomic mass is 9.81. The first kappa shape index (κ1) is 14.2. The molecule has 4 nitrogen and oxygen atoms in total. The molecule has 0 atom stereocenters. The highest BCUT2D eigenvalue weighted by Gasteiger charge is 2.35. The van der Waals surface area contributed by atoms with E-state index in [0.29, 0.717) is 10.9 Å². The van der Waals surface area contributed by atoms with Crippen LogP contribution >= 0.6 is 0 Å². The highest BCUT2D eigenvalue weighted by atomic mass is 16.3. The Balaban J connectivity index is 1.20. The van der Waals surface area contributed by atoms with Gasteiger partial charge in [-0.1, -0.05) is 111 Å². The molecule has 3 heterocycles. The average Bonchev–Trinajstić information content (AvgIpc) is 3.93. The van der Waals surface area contributed by atoms with Crippen LogP contribution in [0, 0.1) is 0 Å². The Kier molecular flexibility index (Phi) is 2.87. The van der Waals surface area contributed by atoms with Crippen molar-refractivity contribution in [3.8, 4) is 44.6 Å². The molecule has 1 aliphatic carbocycles. The Morgan fingerprint density at radius 1 is 0.553 bits per heavy atom. The van der Waals surface area contributed by atoms with Crippen molar-refractivity contribution in [2.75, 3.05) is 0 Å². The highest BCUT2D eigenvalue weighted by molar-refractivity contribution is 6.10. The Hall–Kier alpha value is -6.00. The Morgan fingerprint density at radius 3 is 2.28 bits per heavy atom. The summed E-state index contributed by atoms with van der Waals surface area (Å²) in [5.41, 5.74) is -2.14. The normalized spacial score (nSPS) is 18.9. The fraction of sp³-hybridized carbons (Fsp3) is 0.0698. The van der Waals surface area contributed by atoms with Crippen LogP contribution < -0.4 is 0 Å². The number of hydrogen-bond donors (Lipinski definition) is 0. The molecule has 0 saturated heterocycles. The molecule has 0 unspecified atom stereocenters. The van der Waals surface area contributed by atoms with Gasteiger partial charge < -0.3 is 8.83 Å². The number of para-hydroxylation sites is 2. The topological polar surface area (TPSA) is 52.1 Å². The molecule has 0 radical (unpaired) electrons. The third-order valence-corrected chi connectivity index (χ3v) is 8.59. The molecule has 0 aliphatic heterocycles. The van der Waals surface area contributed by atoms with Crippen molar-refractivity contribution in [2.45, 2.75) is 19.3 Å². The molecule has 0 amide bonds. The summed E-state index contributed by atoms with van der Waals surface area (Å²) in [5.74, 6) is 0. The second kappa shape index (κ2) is 9.51. The summed E-state index contributed by atoms with van der Waals surface area (Å²) in [5, 5.41) is -0.198. The fourth-order valence-electron chi connectivity index (χ4n) is 6.30. The Labute approximate surface area is 296 Å². The van der Waals surface area contributed by atoms with Gasteiger partial charge in [-0.15, -0.1) is 0 Å². The second-order valence-electron chi connectivity index (χ2n) is 11.6. The minimum Gasteiger partial charge on any atom is -0.455 e. The maximum absolute atomic E-state index is 9.50. The first-order valence-electron chi connectivity index (χ1n) is 23.5. The van der Waals surface area contributed by atoms with Gasteiger partial charge in [-0.25, -0.2) is 9.97 Å². The van der Waals surface area contributed by atoms with E-state index in [4.69, 9.17) is 30.8 Å². The maximum atomic E-state index is 9.50. The fourth-order valence-corrected chi connectivity index (χ4v) is 6.30. The van der Waals surface area contributed by atoms with Crippen molar-refractivity contribution in [3.63, 3.8) is 0 Å².